The molecule has 122 valence electrons. The average molecular weight is 439 g/mol. The van der Waals surface area contributed by atoms with Gasteiger partial charge in [0.05, 0.1) is 28.4 Å². The standard InChI is InChI=1S/C14H10BrCl2NO4S/c1-22-14(19)9-7-8(15)5-6-12(9)23(20,21)18-13-10(16)3-2-4-11(13)17/h2-7,18H,1H3. The lowest BCUT2D eigenvalue weighted by molar-refractivity contribution is 0.0596. The van der Waals surface area contributed by atoms with E-state index < -0.39 is 16.0 Å². The Morgan fingerprint density at radius 1 is 1.17 bits per heavy atom. The fraction of sp³-hybridized carbons (Fsp3) is 0.0714. The predicted molar refractivity (Wildman–Crippen MR) is 92.8 cm³/mol. The van der Waals surface area contributed by atoms with Crippen LogP contribution in [-0.2, 0) is 14.8 Å². The lowest BCUT2D eigenvalue weighted by Gasteiger charge is -2.13. The van der Waals surface area contributed by atoms with Crippen molar-refractivity contribution in [2.45, 2.75) is 4.90 Å². The SMILES string of the molecule is COC(=O)c1cc(Br)ccc1S(=O)(=O)Nc1c(Cl)cccc1Cl. The van der Waals surface area contributed by atoms with Gasteiger partial charge in [-0.1, -0.05) is 45.2 Å². The van der Waals surface area contributed by atoms with E-state index in [1.54, 1.807) is 6.07 Å². The highest BCUT2D eigenvalue weighted by molar-refractivity contribution is 9.10. The fourth-order valence-corrected chi connectivity index (χ4v) is 4.03. The van der Waals surface area contributed by atoms with Crippen LogP contribution in [0.25, 0.3) is 0 Å². The van der Waals surface area contributed by atoms with E-state index in [1.165, 1.54) is 30.3 Å². The summed E-state index contributed by atoms with van der Waals surface area (Å²) in [5.41, 5.74) is -0.0767. The van der Waals surface area contributed by atoms with Gasteiger partial charge in [-0.3, -0.25) is 4.72 Å². The van der Waals surface area contributed by atoms with Gasteiger partial charge in [-0.15, -0.1) is 0 Å². The number of esters is 1. The maximum atomic E-state index is 12.6. The van der Waals surface area contributed by atoms with Gasteiger partial charge in [0.2, 0.25) is 0 Å². The molecule has 0 aromatic heterocycles. The molecule has 0 aliphatic heterocycles. The zero-order chi connectivity index (χ0) is 17.2. The number of carbonyl (C=O) groups is 1. The first-order valence-corrected chi connectivity index (χ1v) is 9.14. The molecule has 0 bridgehead atoms. The molecule has 5 nitrogen and oxygen atoms in total. The number of benzene rings is 2. The highest BCUT2D eigenvalue weighted by atomic mass is 79.9. The summed E-state index contributed by atoms with van der Waals surface area (Å²) >= 11 is 15.1. The summed E-state index contributed by atoms with van der Waals surface area (Å²) in [6.07, 6.45) is 0. The Balaban J connectivity index is 2.55. The molecule has 2 aromatic rings. The number of rotatable bonds is 4. The van der Waals surface area contributed by atoms with Crippen LogP contribution in [0.15, 0.2) is 45.8 Å². The van der Waals surface area contributed by atoms with Gasteiger partial charge in [0, 0.05) is 4.47 Å². The Morgan fingerprint density at radius 3 is 2.35 bits per heavy atom. The van der Waals surface area contributed by atoms with E-state index >= 15 is 0 Å². The third-order valence-corrected chi connectivity index (χ3v) is 5.37. The van der Waals surface area contributed by atoms with Gasteiger partial charge in [-0.2, -0.15) is 0 Å². The number of sulfonamides is 1. The Kier molecular flexibility index (Phi) is 5.57. The summed E-state index contributed by atoms with van der Waals surface area (Å²) in [7, 11) is -2.94. The van der Waals surface area contributed by atoms with Crippen molar-refractivity contribution in [2.75, 3.05) is 11.8 Å². The molecule has 2 rings (SSSR count). The van der Waals surface area contributed by atoms with Crippen LogP contribution in [0.2, 0.25) is 10.0 Å². The topological polar surface area (TPSA) is 72.5 Å². The molecular weight excluding hydrogens is 429 g/mol. The van der Waals surface area contributed by atoms with Crippen LogP contribution in [0, 0.1) is 0 Å². The molecule has 0 saturated carbocycles. The third-order valence-electron chi connectivity index (χ3n) is 2.84. The summed E-state index contributed by atoms with van der Waals surface area (Å²) in [5.74, 6) is -0.781. The molecule has 0 unspecified atom stereocenters. The molecule has 23 heavy (non-hydrogen) atoms. The number of anilines is 1. The molecule has 0 fully saturated rings. The van der Waals surface area contributed by atoms with Gasteiger partial charge in [0.25, 0.3) is 10.0 Å². The number of halogens is 3. The van der Waals surface area contributed by atoms with Gasteiger partial charge in [-0.25, -0.2) is 13.2 Å². The number of carbonyl (C=O) groups excluding carboxylic acids is 1. The minimum absolute atomic E-state index is 0.0366. The molecule has 9 heteroatoms. The Morgan fingerprint density at radius 2 is 1.78 bits per heavy atom. The quantitative estimate of drug-likeness (QED) is 0.720. The van der Waals surface area contributed by atoms with Crippen molar-refractivity contribution in [3.8, 4) is 0 Å². The maximum Gasteiger partial charge on any atom is 0.339 e. The van der Waals surface area contributed by atoms with Crippen molar-refractivity contribution in [1.29, 1.82) is 0 Å². The largest absolute Gasteiger partial charge is 0.465 e. The van der Waals surface area contributed by atoms with Gasteiger partial charge in [-0.05, 0) is 30.3 Å². The van der Waals surface area contributed by atoms with Gasteiger partial charge < -0.3 is 4.74 Å². The second-order valence-corrected chi connectivity index (χ2v) is 7.72. The molecule has 0 saturated heterocycles. The minimum atomic E-state index is -4.10. The van der Waals surface area contributed by atoms with E-state index in [1.807, 2.05) is 0 Å². The van der Waals surface area contributed by atoms with Gasteiger partial charge in [0.1, 0.15) is 4.90 Å². The highest BCUT2D eigenvalue weighted by Gasteiger charge is 2.25. The minimum Gasteiger partial charge on any atom is -0.465 e. The Hall–Kier alpha value is -1.28. The summed E-state index contributed by atoms with van der Waals surface area (Å²) in [6.45, 7) is 0. The van der Waals surface area contributed by atoms with Crippen LogP contribution in [-0.4, -0.2) is 21.5 Å². The van der Waals surface area contributed by atoms with Crippen molar-refractivity contribution in [1.82, 2.24) is 0 Å². The number of ether oxygens (including phenoxy) is 1. The van der Waals surface area contributed by atoms with Crippen LogP contribution in [0.5, 0.6) is 0 Å². The molecule has 0 spiro atoms. The zero-order valence-corrected chi connectivity index (χ0v) is 15.6. The van der Waals surface area contributed by atoms with Gasteiger partial charge in [0.15, 0.2) is 0 Å². The van der Waals surface area contributed by atoms with E-state index in [9.17, 15) is 13.2 Å². The zero-order valence-electron chi connectivity index (χ0n) is 11.6. The molecular formula is C14H10BrCl2NO4S. The second kappa shape index (κ2) is 7.09. The molecule has 0 aliphatic carbocycles. The smallest absolute Gasteiger partial charge is 0.339 e. The fourth-order valence-electron chi connectivity index (χ4n) is 1.79. The number of para-hydroxylation sites is 1. The molecule has 0 radical (unpaired) electrons. The third kappa shape index (κ3) is 3.98. The van der Waals surface area contributed by atoms with E-state index in [2.05, 4.69) is 25.4 Å². The van der Waals surface area contributed by atoms with Crippen LogP contribution in [0.3, 0.4) is 0 Å². The van der Waals surface area contributed by atoms with E-state index in [-0.39, 0.29) is 26.2 Å². The van der Waals surface area contributed by atoms with Gasteiger partial charge >= 0.3 is 5.97 Å². The van der Waals surface area contributed by atoms with Crippen LogP contribution in [0.4, 0.5) is 5.69 Å². The summed E-state index contributed by atoms with van der Waals surface area (Å²) in [4.78, 5) is 11.6. The van der Waals surface area contributed by atoms with Crippen molar-refractivity contribution in [2.24, 2.45) is 0 Å². The highest BCUT2D eigenvalue weighted by Crippen LogP contribution is 2.32. The summed E-state index contributed by atoms with van der Waals surface area (Å²) in [6, 6.07) is 8.71. The van der Waals surface area contributed by atoms with Crippen molar-refractivity contribution < 1.29 is 17.9 Å². The average Bonchev–Trinajstić information content (AvgIpc) is 2.50. The molecule has 0 heterocycles. The second-order valence-electron chi connectivity index (χ2n) is 4.33. The molecule has 2 aromatic carbocycles. The molecule has 0 amide bonds. The summed E-state index contributed by atoms with van der Waals surface area (Å²) < 4.78 is 32.7. The van der Waals surface area contributed by atoms with E-state index in [0.29, 0.717) is 4.47 Å². The van der Waals surface area contributed by atoms with Crippen molar-refractivity contribution in [3.05, 3.63) is 56.5 Å². The lowest BCUT2D eigenvalue weighted by atomic mass is 10.2. The maximum absolute atomic E-state index is 12.6. The normalized spacial score (nSPS) is 11.1. The first-order chi connectivity index (χ1) is 10.8. The van der Waals surface area contributed by atoms with Crippen molar-refractivity contribution in [3.63, 3.8) is 0 Å². The monoisotopic (exact) mass is 437 g/mol. The van der Waals surface area contributed by atoms with Crippen molar-refractivity contribution >= 4 is 60.8 Å². The van der Waals surface area contributed by atoms with Crippen LogP contribution in [0.1, 0.15) is 10.4 Å². The van der Waals surface area contributed by atoms with Crippen LogP contribution < -0.4 is 4.72 Å². The van der Waals surface area contributed by atoms with Crippen LogP contribution >= 0.6 is 39.1 Å². The molecule has 1 N–H and O–H groups in total. The Bertz CT molecular complexity index is 851. The predicted octanol–water partition coefficient (Wildman–Crippen LogP) is 4.34. The molecule has 0 aliphatic rings. The van der Waals surface area contributed by atoms with E-state index in [0.717, 1.165) is 7.11 Å². The number of hydrogen-bond donors (Lipinski definition) is 1. The first kappa shape index (κ1) is 18.1. The lowest BCUT2D eigenvalue weighted by Crippen LogP contribution is -2.18. The molecule has 0 atom stereocenters. The number of hydrogen-bond acceptors (Lipinski definition) is 4. The Labute approximate surface area is 151 Å². The number of nitrogens with one attached hydrogen (secondary N) is 1. The number of methoxy groups -OCH3 is 1. The first-order valence-electron chi connectivity index (χ1n) is 6.11. The van der Waals surface area contributed by atoms with E-state index in [4.69, 9.17) is 23.2 Å². The summed E-state index contributed by atoms with van der Waals surface area (Å²) in [5, 5.41) is 0.274.